The summed E-state index contributed by atoms with van der Waals surface area (Å²) in [7, 11) is -3.77. The summed E-state index contributed by atoms with van der Waals surface area (Å²) >= 11 is 0. The summed E-state index contributed by atoms with van der Waals surface area (Å²) < 4.78 is 25.7. The monoisotopic (exact) mass is 523 g/mol. The number of aliphatic hydroxyl groups excluding tert-OH is 1. The quantitative estimate of drug-likeness (QED) is 0.221. The first kappa shape index (κ1) is 26.5. The number of benzene rings is 2. The lowest BCUT2D eigenvalue weighted by Gasteiger charge is -2.16. The minimum atomic E-state index is -3.77. The van der Waals surface area contributed by atoms with Gasteiger partial charge in [0.25, 0.3) is 0 Å². The first-order valence-electron chi connectivity index (χ1n) is 12.3. The van der Waals surface area contributed by atoms with Crippen LogP contribution >= 0.6 is 0 Å². The Labute approximate surface area is 217 Å². The first-order chi connectivity index (χ1) is 17.8. The molecule has 11 heteroatoms. The van der Waals surface area contributed by atoms with Crippen molar-refractivity contribution in [3.8, 4) is 0 Å². The van der Waals surface area contributed by atoms with E-state index in [1.165, 1.54) is 6.07 Å². The van der Waals surface area contributed by atoms with Crippen molar-refractivity contribution in [1.29, 1.82) is 0 Å². The van der Waals surface area contributed by atoms with Crippen LogP contribution in [0.2, 0.25) is 0 Å². The van der Waals surface area contributed by atoms with Crippen LogP contribution in [0.25, 0.3) is 11.2 Å². The summed E-state index contributed by atoms with van der Waals surface area (Å²) in [4.78, 5) is 14.1. The molecule has 0 saturated heterocycles. The number of aromatic nitrogens is 4. The second-order valence-electron chi connectivity index (χ2n) is 8.97. The molecule has 37 heavy (non-hydrogen) atoms. The van der Waals surface area contributed by atoms with Crippen LogP contribution in [0.4, 0.5) is 11.8 Å². The number of hydrogen-bond acceptors (Lipinski definition) is 8. The molecule has 196 valence electrons. The third-order valence-electron chi connectivity index (χ3n) is 6.36. The SMILES string of the molecule is CC[C@H](CO)Nc1nc(NCc2ccccc2)c2ncn(CCCc3cccc(S(N)(=O)=O)c3C)c2n1. The smallest absolute Gasteiger partial charge is 0.238 e. The van der Waals surface area contributed by atoms with Crippen LogP contribution in [0.15, 0.2) is 59.8 Å². The van der Waals surface area contributed by atoms with Gasteiger partial charge in [-0.3, -0.25) is 0 Å². The van der Waals surface area contributed by atoms with Crippen LogP contribution in [-0.2, 0) is 29.5 Å². The van der Waals surface area contributed by atoms with Gasteiger partial charge in [0.15, 0.2) is 17.0 Å². The third kappa shape index (κ3) is 6.43. The molecule has 2 heterocycles. The highest BCUT2D eigenvalue weighted by Gasteiger charge is 2.17. The van der Waals surface area contributed by atoms with Gasteiger partial charge >= 0.3 is 0 Å². The summed E-state index contributed by atoms with van der Waals surface area (Å²) in [6, 6.07) is 15.0. The van der Waals surface area contributed by atoms with E-state index in [9.17, 15) is 13.5 Å². The van der Waals surface area contributed by atoms with Crippen LogP contribution in [0.5, 0.6) is 0 Å². The molecule has 0 aliphatic carbocycles. The molecule has 0 aliphatic heterocycles. The summed E-state index contributed by atoms with van der Waals surface area (Å²) in [6.45, 7) is 4.94. The molecule has 0 amide bonds. The Bertz CT molecular complexity index is 1450. The summed E-state index contributed by atoms with van der Waals surface area (Å²) in [6.07, 6.45) is 3.88. The molecular formula is C26H33N7O3S. The Morgan fingerprint density at radius 1 is 1.11 bits per heavy atom. The van der Waals surface area contributed by atoms with Gasteiger partial charge in [0.1, 0.15) is 0 Å². The zero-order valence-electron chi connectivity index (χ0n) is 21.1. The van der Waals surface area contributed by atoms with Crippen molar-refractivity contribution < 1.29 is 13.5 Å². The fourth-order valence-corrected chi connectivity index (χ4v) is 5.04. The Kier molecular flexibility index (Phi) is 8.37. The number of imidazole rings is 1. The van der Waals surface area contributed by atoms with E-state index in [1.807, 2.05) is 47.9 Å². The fourth-order valence-electron chi connectivity index (χ4n) is 4.22. The minimum absolute atomic E-state index is 0.0269. The van der Waals surface area contributed by atoms with Crippen LogP contribution in [0.1, 0.15) is 36.5 Å². The van der Waals surface area contributed by atoms with Gasteiger partial charge in [0.2, 0.25) is 16.0 Å². The van der Waals surface area contributed by atoms with Crippen molar-refractivity contribution in [2.75, 3.05) is 17.2 Å². The van der Waals surface area contributed by atoms with E-state index in [1.54, 1.807) is 19.3 Å². The van der Waals surface area contributed by atoms with E-state index >= 15 is 0 Å². The average Bonchev–Trinajstić information content (AvgIpc) is 3.29. The number of nitrogens with zero attached hydrogens (tertiary/aromatic N) is 4. The zero-order valence-corrected chi connectivity index (χ0v) is 21.9. The number of hydrogen-bond donors (Lipinski definition) is 4. The molecule has 0 saturated carbocycles. The van der Waals surface area contributed by atoms with E-state index in [0.717, 1.165) is 24.0 Å². The highest BCUT2D eigenvalue weighted by Crippen LogP contribution is 2.24. The van der Waals surface area contributed by atoms with Gasteiger partial charge < -0.3 is 20.3 Å². The molecule has 10 nitrogen and oxygen atoms in total. The summed E-state index contributed by atoms with van der Waals surface area (Å²) in [5.41, 5.74) is 4.06. The molecular weight excluding hydrogens is 490 g/mol. The second kappa shape index (κ2) is 11.7. The Morgan fingerprint density at radius 2 is 1.89 bits per heavy atom. The van der Waals surface area contributed by atoms with Crippen LogP contribution in [0.3, 0.4) is 0 Å². The van der Waals surface area contributed by atoms with Crippen molar-refractivity contribution in [2.24, 2.45) is 5.14 Å². The number of nitrogens with one attached hydrogen (secondary N) is 2. The molecule has 1 atom stereocenters. The maximum Gasteiger partial charge on any atom is 0.238 e. The lowest BCUT2D eigenvalue weighted by molar-refractivity contribution is 0.271. The van der Waals surface area contributed by atoms with E-state index in [2.05, 4.69) is 20.6 Å². The Balaban J connectivity index is 1.57. The second-order valence-corrected chi connectivity index (χ2v) is 10.5. The topological polar surface area (TPSA) is 148 Å². The standard InChI is InChI=1S/C26H33N7O3S/c1-3-21(16-34)30-26-31-24(28-15-19-9-5-4-6-10-19)23-25(32-26)33(17-29-23)14-8-12-20-11-7-13-22(18(20)2)37(27,35)36/h4-7,9-11,13,17,21,34H,3,8,12,14-16H2,1-2H3,(H2,27,35,36)(H2,28,30,31,32)/t21-/m1/s1. The van der Waals surface area contributed by atoms with E-state index in [-0.39, 0.29) is 17.5 Å². The van der Waals surface area contributed by atoms with Crippen LogP contribution in [-0.4, -0.2) is 45.7 Å². The number of fused-ring (bicyclic) bond motifs is 1. The van der Waals surface area contributed by atoms with E-state index in [4.69, 9.17) is 10.1 Å². The van der Waals surface area contributed by atoms with E-state index in [0.29, 0.717) is 48.0 Å². The van der Waals surface area contributed by atoms with Crippen molar-refractivity contribution in [3.63, 3.8) is 0 Å². The fraction of sp³-hybridized carbons (Fsp3) is 0.346. The molecule has 2 aromatic heterocycles. The number of primary sulfonamides is 1. The molecule has 0 unspecified atom stereocenters. The highest BCUT2D eigenvalue weighted by molar-refractivity contribution is 7.89. The molecule has 4 aromatic rings. The summed E-state index contributed by atoms with van der Waals surface area (Å²) in [5.74, 6) is 1.03. The zero-order chi connectivity index (χ0) is 26.4. The maximum atomic E-state index is 11.9. The van der Waals surface area contributed by atoms with Gasteiger partial charge in [0, 0.05) is 13.1 Å². The maximum absolute atomic E-state index is 11.9. The molecule has 0 bridgehead atoms. The molecule has 0 fully saturated rings. The van der Waals surface area contributed by atoms with Gasteiger partial charge in [-0.2, -0.15) is 9.97 Å². The Morgan fingerprint density at radius 3 is 2.59 bits per heavy atom. The summed E-state index contributed by atoms with van der Waals surface area (Å²) in [5, 5.41) is 21.6. The number of rotatable bonds is 12. The number of nitrogens with two attached hydrogens (primary N) is 1. The molecule has 0 aliphatic rings. The normalized spacial score (nSPS) is 12.5. The van der Waals surface area contributed by atoms with Gasteiger partial charge in [-0.1, -0.05) is 49.4 Å². The largest absolute Gasteiger partial charge is 0.394 e. The van der Waals surface area contributed by atoms with Gasteiger partial charge in [-0.15, -0.1) is 0 Å². The lowest BCUT2D eigenvalue weighted by Crippen LogP contribution is -2.24. The number of anilines is 2. The molecule has 2 aromatic carbocycles. The van der Waals surface area contributed by atoms with Gasteiger partial charge in [-0.05, 0) is 48.9 Å². The first-order valence-corrected chi connectivity index (χ1v) is 13.8. The third-order valence-corrected chi connectivity index (χ3v) is 7.42. The number of aryl methyl sites for hydroxylation is 2. The van der Waals surface area contributed by atoms with E-state index < -0.39 is 10.0 Å². The van der Waals surface area contributed by atoms with Crippen molar-refractivity contribution in [1.82, 2.24) is 19.5 Å². The number of aliphatic hydroxyl groups is 1. The molecule has 0 radical (unpaired) electrons. The Hall–Kier alpha value is -3.54. The van der Waals surface area contributed by atoms with Gasteiger partial charge in [0.05, 0.1) is 23.9 Å². The van der Waals surface area contributed by atoms with Crippen molar-refractivity contribution >= 4 is 33.0 Å². The predicted molar refractivity (Wildman–Crippen MR) is 145 cm³/mol. The van der Waals surface area contributed by atoms with Crippen LogP contribution in [0, 0.1) is 6.92 Å². The average molecular weight is 524 g/mol. The van der Waals surface area contributed by atoms with Gasteiger partial charge in [-0.25, -0.2) is 18.5 Å². The van der Waals surface area contributed by atoms with Crippen molar-refractivity contribution in [2.45, 2.75) is 57.1 Å². The number of sulfonamides is 1. The predicted octanol–water partition coefficient (Wildman–Crippen LogP) is 3.21. The minimum Gasteiger partial charge on any atom is -0.394 e. The molecule has 4 rings (SSSR count). The van der Waals surface area contributed by atoms with Crippen molar-refractivity contribution in [3.05, 3.63) is 71.5 Å². The highest BCUT2D eigenvalue weighted by atomic mass is 32.2. The molecule has 5 N–H and O–H groups in total. The van der Waals surface area contributed by atoms with Crippen LogP contribution < -0.4 is 15.8 Å². The lowest BCUT2D eigenvalue weighted by atomic mass is 10.0. The molecule has 0 spiro atoms.